The van der Waals surface area contributed by atoms with Crippen LogP contribution in [0.15, 0.2) is 18.2 Å². The van der Waals surface area contributed by atoms with Crippen molar-refractivity contribution < 1.29 is 0 Å². The summed E-state index contributed by atoms with van der Waals surface area (Å²) in [6.07, 6.45) is 1.24. The number of aryl methyl sites for hydroxylation is 1. The van der Waals surface area contributed by atoms with Gasteiger partial charge in [0.25, 0.3) is 0 Å². The zero-order valence-electron chi connectivity index (χ0n) is 11.7. The minimum Gasteiger partial charge on any atom is -0.367 e. The molecule has 5 nitrogen and oxygen atoms in total. The highest BCUT2D eigenvalue weighted by molar-refractivity contribution is 5.88. The Labute approximate surface area is 113 Å². The van der Waals surface area contributed by atoms with E-state index in [0.717, 1.165) is 37.2 Å². The van der Waals surface area contributed by atoms with Crippen LogP contribution in [0, 0.1) is 0 Å². The van der Waals surface area contributed by atoms with Gasteiger partial charge in [-0.05, 0) is 25.1 Å². The fourth-order valence-corrected chi connectivity index (χ4v) is 2.83. The number of anilines is 1. The molecule has 3 rings (SSSR count). The smallest absolute Gasteiger partial charge is 0.136 e. The van der Waals surface area contributed by atoms with Gasteiger partial charge in [0.05, 0.1) is 11.2 Å². The Kier molecular flexibility index (Phi) is 3.38. The number of hydrogen-bond acceptors (Lipinski definition) is 4. The van der Waals surface area contributed by atoms with Crippen LogP contribution in [0.25, 0.3) is 11.0 Å². The van der Waals surface area contributed by atoms with Crippen LogP contribution in [0.1, 0.15) is 13.3 Å². The van der Waals surface area contributed by atoms with Gasteiger partial charge in [-0.2, -0.15) is 0 Å². The van der Waals surface area contributed by atoms with Gasteiger partial charge in [-0.15, -0.1) is 5.10 Å². The quantitative estimate of drug-likeness (QED) is 0.837. The van der Waals surface area contributed by atoms with Crippen molar-refractivity contribution in [1.29, 1.82) is 0 Å². The van der Waals surface area contributed by atoms with Crippen molar-refractivity contribution >= 4 is 16.7 Å². The van der Waals surface area contributed by atoms with Crippen molar-refractivity contribution in [3.8, 4) is 0 Å². The van der Waals surface area contributed by atoms with Crippen LogP contribution in [0.2, 0.25) is 0 Å². The van der Waals surface area contributed by atoms with Gasteiger partial charge in [-0.3, -0.25) is 4.90 Å². The summed E-state index contributed by atoms with van der Waals surface area (Å²) in [5.41, 5.74) is 3.35. The van der Waals surface area contributed by atoms with Crippen molar-refractivity contribution in [3.63, 3.8) is 0 Å². The third kappa shape index (κ3) is 2.30. The maximum Gasteiger partial charge on any atom is 0.136 e. The topological polar surface area (TPSA) is 37.2 Å². The van der Waals surface area contributed by atoms with Crippen molar-refractivity contribution in [3.05, 3.63) is 18.2 Å². The standard InChI is InChI=1S/C14H21N5/c1-3-7-18-8-10-19(11-9-18)13-6-4-5-12-14(13)15-16-17(12)2/h4-6H,3,7-11H2,1-2H3. The number of hydrogen-bond donors (Lipinski definition) is 0. The molecular formula is C14H21N5. The normalized spacial score (nSPS) is 17.3. The molecule has 0 unspecified atom stereocenters. The highest BCUT2D eigenvalue weighted by atomic mass is 15.4. The van der Waals surface area contributed by atoms with E-state index in [-0.39, 0.29) is 0 Å². The Balaban J connectivity index is 1.82. The Morgan fingerprint density at radius 2 is 1.95 bits per heavy atom. The number of nitrogens with zero attached hydrogens (tertiary/aromatic N) is 5. The van der Waals surface area contributed by atoms with Crippen LogP contribution in [0.4, 0.5) is 5.69 Å². The third-order valence-electron chi connectivity index (χ3n) is 3.87. The number of benzene rings is 1. The average Bonchev–Trinajstić information content (AvgIpc) is 2.82. The molecule has 1 aromatic carbocycles. The summed E-state index contributed by atoms with van der Waals surface area (Å²) >= 11 is 0. The molecule has 0 amide bonds. The number of aromatic nitrogens is 3. The first kappa shape index (κ1) is 12.4. The van der Waals surface area contributed by atoms with E-state index in [0.29, 0.717) is 0 Å². The molecule has 0 aliphatic carbocycles. The molecule has 0 radical (unpaired) electrons. The SMILES string of the molecule is CCCN1CCN(c2cccc3c2nnn3C)CC1. The summed E-state index contributed by atoms with van der Waals surface area (Å²) in [4.78, 5) is 4.97. The van der Waals surface area contributed by atoms with E-state index in [1.165, 1.54) is 18.7 Å². The lowest BCUT2D eigenvalue weighted by Gasteiger charge is -2.35. The predicted molar refractivity (Wildman–Crippen MR) is 77.5 cm³/mol. The average molecular weight is 259 g/mol. The van der Waals surface area contributed by atoms with Gasteiger partial charge >= 0.3 is 0 Å². The molecule has 1 fully saturated rings. The molecule has 0 bridgehead atoms. The molecule has 2 aromatic rings. The van der Waals surface area contributed by atoms with Crippen molar-refractivity contribution in [1.82, 2.24) is 19.9 Å². The van der Waals surface area contributed by atoms with Gasteiger partial charge in [0.15, 0.2) is 0 Å². The van der Waals surface area contributed by atoms with E-state index in [4.69, 9.17) is 0 Å². The zero-order valence-corrected chi connectivity index (χ0v) is 11.7. The highest BCUT2D eigenvalue weighted by Gasteiger charge is 2.19. The van der Waals surface area contributed by atoms with Gasteiger partial charge < -0.3 is 4.90 Å². The fourth-order valence-electron chi connectivity index (χ4n) is 2.83. The molecule has 0 N–H and O–H groups in total. The highest BCUT2D eigenvalue weighted by Crippen LogP contribution is 2.25. The van der Waals surface area contributed by atoms with Gasteiger partial charge in [-0.1, -0.05) is 18.2 Å². The van der Waals surface area contributed by atoms with Crippen LogP contribution < -0.4 is 4.90 Å². The molecule has 1 aromatic heterocycles. The minimum atomic E-state index is 1.02. The summed E-state index contributed by atoms with van der Waals surface area (Å²) in [6, 6.07) is 6.33. The summed E-state index contributed by atoms with van der Waals surface area (Å²) in [6.45, 7) is 7.90. The molecule has 5 heteroatoms. The van der Waals surface area contributed by atoms with Gasteiger partial charge in [-0.25, -0.2) is 4.68 Å². The first-order valence-corrected chi connectivity index (χ1v) is 7.05. The third-order valence-corrected chi connectivity index (χ3v) is 3.87. The van der Waals surface area contributed by atoms with Crippen LogP contribution in [0.3, 0.4) is 0 Å². The van der Waals surface area contributed by atoms with Crippen LogP contribution >= 0.6 is 0 Å². The van der Waals surface area contributed by atoms with E-state index in [1.54, 1.807) is 0 Å². The lowest BCUT2D eigenvalue weighted by Crippen LogP contribution is -2.46. The summed E-state index contributed by atoms with van der Waals surface area (Å²) in [5, 5.41) is 8.43. The molecule has 1 saturated heterocycles. The Hall–Kier alpha value is -1.62. The Morgan fingerprint density at radius 1 is 1.16 bits per heavy atom. The molecule has 19 heavy (non-hydrogen) atoms. The van der Waals surface area contributed by atoms with E-state index < -0.39 is 0 Å². The van der Waals surface area contributed by atoms with Gasteiger partial charge in [0, 0.05) is 33.2 Å². The molecule has 1 aliphatic rings. The molecular weight excluding hydrogens is 238 g/mol. The fraction of sp³-hybridized carbons (Fsp3) is 0.571. The van der Waals surface area contributed by atoms with Crippen LogP contribution in [-0.4, -0.2) is 52.6 Å². The molecule has 2 heterocycles. The summed E-state index contributed by atoms with van der Waals surface area (Å²) in [7, 11) is 1.94. The van der Waals surface area contributed by atoms with Crippen molar-refractivity contribution in [2.45, 2.75) is 13.3 Å². The molecule has 1 aliphatic heterocycles. The van der Waals surface area contributed by atoms with Crippen LogP contribution in [0.5, 0.6) is 0 Å². The Bertz CT molecular complexity index is 554. The van der Waals surface area contributed by atoms with E-state index in [1.807, 2.05) is 11.7 Å². The minimum absolute atomic E-state index is 1.02. The monoisotopic (exact) mass is 259 g/mol. The van der Waals surface area contributed by atoms with Gasteiger partial charge in [0.2, 0.25) is 0 Å². The lowest BCUT2D eigenvalue weighted by atomic mass is 10.2. The molecule has 0 atom stereocenters. The largest absolute Gasteiger partial charge is 0.367 e. The van der Waals surface area contributed by atoms with Crippen LogP contribution in [-0.2, 0) is 7.05 Å². The van der Waals surface area contributed by atoms with E-state index in [9.17, 15) is 0 Å². The maximum absolute atomic E-state index is 4.31. The summed E-state index contributed by atoms with van der Waals surface area (Å²) in [5.74, 6) is 0. The maximum atomic E-state index is 4.31. The van der Waals surface area contributed by atoms with Gasteiger partial charge in [0.1, 0.15) is 5.52 Å². The first-order valence-electron chi connectivity index (χ1n) is 7.05. The molecule has 0 saturated carbocycles. The second kappa shape index (κ2) is 5.17. The van der Waals surface area contributed by atoms with Crippen molar-refractivity contribution in [2.24, 2.45) is 7.05 Å². The number of rotatable bonds is 3. The molecule has 0 spiro atoms. The van der Waals surface area contributed by atoms with Crippen molar-refractivity contribution in [2.75, 3.05) is 37.6 Å². The molecule has 102 valence electrons. The second-order valence-corrected chi connectivity index (χ2v) is 5.19. The first-order chi connectivity index (χ1) is 9.29. The zero-order chi connectivity index (χ0) is 13.2. The second-order valence-electron chi connectivity index (χ2n) is 5.19. The Morgan fingerprint density at radius 3 is 2.68 bits per heavy atom. The lowest BCUT2D eigenvalue weighted by molar-refractivity contribution is 0.258. The number of fused-ring (bicyclic) bond motifs is 1. The van der Waals surface area contributed by atoms with E-state index in [2.05, 4.69) is 45.2 Å². The van der Waals surface area contributed by atoms with E-state index >= 15 is 0 Å². The summed E-state index contributed by atoms with van der Waals surface area (Å²) < 4.78 is 1.84. The predicted octanol–water partition coefficient (Wildman–Crippen LogP) is 1.50. The number of piperazine rings is 1.